The van der Waals surface area contributed by atoms with Gasteiger partial charge >= 0.3 is 0 Å². The highest BCUT2D eigenvalue weighted by molar-refractivity contribution is 6.30. The molecule has 1 aliphatic rings. The van der Waals surface area contributed by atoms with Gasteiger partial charge in [-0.3, -0.25) is 9.69 Å². The van der Waals surface area contributed by atoms with E-state index in [1.54, 1.807) is 18.2 Å². The monoisotopic (exact) mass is 443 g/mol. The molecule has 2 aromatic carbocycles. The smallest absolute Gasteiger partial charge is 0.273 e. The van der Waals surface area contributed by atoms with E-state index in [4.69, 9.17) is 27.7 Å². The fourth-order valence-electron chi connectivity index (χ4n) is 3.79. The SMILES string of the molecule is O=C(NCC(c1ccc(Cl)cc1)N1CCCCC1)c1cc(-c2ccc(Cl)cc2)on1. The highest BCUT2D eigenvalue weighted by Gasteiger charge is 2.24. The fraction of sp³-hybridized carbons (Fsp3) is 0.304. The lowest BCUT2D eigenvalue weighted by atomic mass is 10.0. The maximum atomic E-state index is 12.7. The Kier molecular flexibility index (Phi) is 6.72. The lowest BCUT2D eigenvalue weighted by Crippen LogP contribution is -2.40. The second kappa shape index (κ2) is 9.65. The Morgan fingerprint density at radius 1 is 1.00 bits per heavy atom. The van der Waals surface area contributed by atoms with Crippen molar-refractivity contribution < 1.29 is 9.32 Å². The van der Waals surface area contributed by atoms with Crippen molar-refractivity contribution in [3.05, 3.63) is 75.9 Å². The standard InChI is InChI=1S/C23H23Cl2N3O2/c24-18-8-4-16(5-9-18)21(28-12-2-1-3-13-28)15-26-23(29)20-14-22(30-27-20)17-6-10-19(25)11-7-17/h4-11,14,21H,1-3,12-13,15H2,(H,26,29). The molecule has 0 bridgehead atoms. The summed E-state index contributed by atoms with van der Waals surface area (Å²) in [6.45, 7) is 2.53. The predicted octanol–water partition coefficient (Wildman–Crippen LogP) is 5.61. The van der Waals surface area contributed by atoms with Crippen molar-refractivity contribution in [1.82, 2.24) is 15.4 Å². The van der Waals surface area contributed by atoms with Crippen molar-refractivity contribution in [3.63, 3.8) is 0 Å². The molecule has 1 N–H and O–H groups in total. The van der Waals surface area contributed by atoms with Crippen LogP contribution >= 0.6 is 23.2 Å². The number of hydrogen-bond donors (Lipinski definition) is 1. The van der Waals surface area contributed by atoms with E-state index >= 15 is 0 Å². The van der Waals surface area contributed by atoms with Crippen LogP contribution in [0.4, 0.5) is 0 Å². The molecule has 0 saturated carbocycles. The highest BCUT2D eigenvalue weighted by atomic mass is 35.5. The summed E-state index contributed by atoms with van der Waals surface area (Å²) < 4.78 is 5.35. The molecule has 2 heterocycles. The number of amides is 1. The summed E-state index contributed by atoms with van der Waals surface area (Å²) in [5.41, 5.74) is 2.22. The Morgan fingerprint density at radius 3 is 2.30 bits per heavy atom. The van der Waals surface area contributed by atoms with Crippen LogP contribution in [0.3, 0.4) is 0 Å². The van der Waals surface area contributed by atoms with Crippen LogP contribution in [0.25, 0.3) is 11.3 Å². The van der Waals surface area contributed by atoms with Gasteiger partial charge in [0.25, 0.3) is 5.91 Å². The number of carbonyl (C=O) groups is 1. The number of aromatic nitrogens is 1. The van der Waals surface area contributed by atoms with Gasteiger partial charge in [0.05, 0.1) is 6.04 Å². The third-order valence-corrected chi connectivity index (χ3v) is 5.92. The van der Waals surface area contributed by atoms with Gasteiger partial charge in [0.2, 0.25) is 0 Å². The molecule has 156 valence electrons. The summed E-state index contributed by atoms with van der Waals surface area (Å²) in [5.74, 6) is 0.275. The second-order valence-corrected chi connectivity index (χ2v) is 8.33. The van der Waals surface area contributed by atoms with Crippen molar-refractivity contribution in [2.45, 2.75) is 25.3 Å². The van der Waals surface area contributed by atoms with E-state index in [0.717, 1.165) is 24.2 Å². The van der Waals surface area contributed by atoms with Crippen LogP contribution in [0.2, 0.25) is 10.0 Å². The Balaban J connectivity index is 1.45. The van der Waals surface area contributed by atoms with E-state index < -0.39 is 0 Å². The summed E-state index contributed by atoms with van der Waals surface area (Å²) in [5, 5.41) is 8.31. The first-order valence-corrected chi connectivity index (χ1v) is 10.9. The predicted molar refractivity (Wildman–Crippen MR) is 119 cm³/mol. The molecule has 4 rings (SSSR count). The zero-order valence-electron chi connectivity index (χ0n) is 16.5. The molecule has 1 fully saturated rings. The molecule has 5 nitrogen and oxygen atoms in total. The van der Waals surface area contributed by atoms with Crippen molar-refractivity contribution >= 4 is 29.1 Å². The van der Waals surface area contributed by atoms with E-state index in [1.165, 1.54) is 19.3 Å². The minimum Gasteiger partial charge on any atom is -0.355 e. The minimum atomic E-state index is -0.255. The molecular weight excluding hydrogens is 421 g/mol. The molecule has 7 heteroatoms. The molecule has 3 aromatic rings. The first-order chi connectivity index (χ1) is 14.6. The van der Waals surface area contributed by atoms with Crippen molar-refractivity contribution in [3.8, 4) is 11.3 Å². The Bertz CT molecular complexity index is 980. The second-order valence-electron chi connectivity index (χ2n) is 7.46. The average molecular weight is 444 g/mol. The van der Waals surface area contributed by atoms with Gasteiger partial charge in [0, 0.05) is 28.2 Å². The Morgan fingerprint density at radius 2 is 1.63 bits per heavy atom. The molecule has 1 atom stereocenters. The van der Waals surface area contributed by atoms with E-state index in [-0.39, 0.29) is 17.6 Å². The van der Waals surface area contributed by atoms with E-state index in [0.29, 0.717) is 22.4 Å². The number of nitrogens with one attached hydrogen (secondary N) is 1. The van der Waals surface area contributed by atoms with Gasteiger partial charge in [-0.05, 0) is 67.9 Å². The quantitative estimate of drug-likeness (QED) is 0.537. The first kappa shape index (κ1) is 20.9. The van der Waals surface area contributed by atoms with Gasteiger partial charge in [-0.2, -0.15) is 0 Å². The third-order valence-electron chi connectivity index (χ3n) is 5.41. The van der Waals surface area contributed by atoms with Crippen LogP contribution in [0.15, 0.2) is 59.1 Å². The number of carbonyl (C=O) groups excluding carboxylic acids is 1. The van der Waals surface area contributed by atoms with E-state index in [9.17, 15) is 4.79 Å². The van der Waals surface area contributed by atoms with Crippen LogP contribution in [-0.4, -0.2) is 35.6 Å². The maximum Gasteiger partial charge on any atom is 0.273 e. The lowest BCUT2D eigenvalue weighted by molar-refractivity contribution is 0.0915. The molecule has 1 amide bonds. The normalized spacial score (nSPS) is 15.7. The molecule has 0 spiro atoms. The van der Waals surface area contributed by atoms with Gasteiger partial charge in [-0.25, -0.2) is 0 Å². The number of piperidine rings is 1. The van der Waals surface area contributed by atoms with Gasteiger partial charge in [0.1, 0.15) is 0 Å². The zero-order chi connectivity index (χ0) is 20.9. The fourth-order valence-corrected chi connectivity index (χ4v) is 4.04. The molecule has 30 heavy (non-hydrogen) atoms. The van der Waals surface area contributed by atoms with E-state index in [1.807, 2.05) is 36.4 Å². The molecule has 1 unspecified atom stereocenters. The first-order valence-electron chi connectivity index (χ1n) is 10.1. The Labute approximate surface area is 186 Å². The van der Waals surface area contributed by atoms with Crippen LogP contribution in [-0.2, 0) is 0 Å². The molecular formula is C23H23Cl2N3O2. The number of rotatable bonds is 6. The van der Waals surface area contributed by atoms with Gasteiger partial charge in [-0.1, -0.05) is 46.9 Å². The van der Waals surface area contributed by atoms with Crippen LogP contribution in [0.5, 0.6) is 0 Å². The minimum absolute atomic E-state index is 0.0918. The summed E-state index contributed by atoms with van der Waals surface area (Å²) in [4.78, 5) is 15.1. The highest BCUT2D eigenvalue weighted by Crippen LogP contribution is 2.26. The Hall–Kier alpha value is -2.34. The van der Waals surface area contributed by atoms with Gasteiger partial charge in [-0.15, -0.1) is 0 Å². The van der Waals surface area contributed by atoms with Crippen molar-refractivity contribution in [1.29, 1.82) is 0 Å². The topological polar surface area (TPSA) is 58.4 Å². The molecule has 1 saturated heterocycles. The number of likely N-dealkylation sites (tertiary alicyclic amines) is 1. The maximum absolute atomic E-state index is 12.7. The summed E-state index contributed by atoms with van der Waals surface area (Å²) in [6, 6.07) is 16.8. The van der Waals surface area contributed by atoms with Gasteiger partial charge in [0.15, 0.2) is 11.5 Å². The molecule has 1 aliphatic heterocycles. The molecule has 1 aromatic heterocycles. The van der Waals surface area contributed by atoms with Crippen LogP contribution < -0.4 is 5.32 Å². The summed E-state index contributed by atoms with van der Waals surface area (Å²) in [6.07, 6.45) is 3.60. The number of hydrogen-bond acceptors (Lipinski definition) is 4. The average Bonchev–Trinajstić information content (AvgIpc) is 3.27. The van der Waals surface area contributed by atoms with Crippen molar-refractivity contribution in [2.75, 3.05) is 19.6 Å². The number of benzene rings is 2. The summed E-state index contributed by atoms with van der Waals surface area (Å²) >= 11 is 12.0. The zero-order valence-corrected chi connectivity index (χ0v) is 18.0. The van der Waals surface area contributed by atoms with Gasteiger partial charge < -0.3 is 9.84 Å². The largest absolute Gasteiger partial charge is 0.355 e. The van der Waals surface area contributed by atoms with Crippen LogP contribution in [0, 0.1) is 0 Å². The summed E-state index contributed by atoms with van der Waals surface area (Å²) in [7, 11) is 0. The van der Waals surface area contributed by atoms with E-state index in [2.05, 4.69) is 15.4 Å². The molecule has 0 aliphatic carbocycles. The number of nitrogens with zero attached hydrogens (tertiary/aromatic N) is 2. The lowest BCUT2D eigenvalue weighted by Gasteiger charge is -2.35. The van der Waals surface area contributed by atoms with Crippen LogP contribution in [0.1, 0.15) is 41.4 Å². The van der Waals surface area contributed by atoms with Crippen molar-refractivity contribution in [2.24, 2.45) is 0 Å². The third kappa shape index (κ3) is 5.04. The number of halogens is 2. The molecule has 0 radical (unpaired) electrons.